The van der Waals surface area contributed by atoms with Gasteiger partial charge in [0.2, 0.25) is 0 Å². The van der Waals surface area contributed by atoms with Crippen molar-refractivity contribution in [3.63, 3.8) is 0 Å². The van der Waals surface area contributed by atoms with Crippen molar-refractivity contribution in [1.82, 2.24) is 0 Å². The van der Waals surface area contributed by atoms with Crippen LogP contribution in [0.4, 0.5) is 8.78 Å². The van der Waals surface area contributed by atoms with Crippen LogP contribution in [0.5, 0.6) is 0 Å². The second-order valence-electron chi connectivity index (χ2n) is 5.57. The summed E-state index contributed by atoms with van der Waals surface area (Å²) in [6.07, 6.45) is 3.50. The summed E-state index contributed by atoms with van der Waals surface area (Å²) in [6, 6.07) is 4.92. The Bertz CT molecular complexity index is 514. The molecule has 1 saturated carbocycles. The fourth-order valence-corrected chi connectivity index (χ4v) is 3.08. The molecule has 2 rings (SSSR count). The Morgan fingerprint density at radius 3 is 2.58 bits per heavy atom. The monoisotopic (exact) mass is 327 g/mol. The lowest BCUT2D eigenvalue weighted by molar-refractivity contribution is 0.215. The normalized spacial score (nSPS) is 27.0. The van der Waals surface area contributed by atoms with Crippen molar-refractivity contribution in [2.24, 2.45) is 11.3 Å². The van der Waals surface area contributed by atoms with Gasteiger partial charge in [-0.2, -0.15) is 5.26 Å². The number of benzene rings is 1. The highest BCUT2D eigenvalue weighted by atomic mass is 79.9. The lowest BCUT2D eigenvalue weighted by atomic mass is 9.68. The molecule has 0 bridgehead atoms. The lowest BCUT2D eigenvalue weighted by Crippen LogP contribution is -2.28. The maximum absolute atomic E-state index is 14.0. The van der Waals surface area contributed by atoms with Gasteiger partial charge in [-0.05, 0) is 66.1 Å². The minimum atomic E-state index is -0.616. The number of rotatable bonds is 2. The molecule has 1 nitrogen and oxygen atoms in total. The fraction of sp³-hybridized carbons (Fsp3) is 0.533. The van der Waals surface area contributed by atoms with E-state index < -0.39 is 17.0 Å². The predicted molar refractivity (Wildman–Crippen MR) is 73.4 cm³/mol. The molecule has 0 atom stereocenters. The van der Waals surface area contributed by atoms with E-state index in [0.717, 1.165) is 25.7 Å². The van der Waals surface area contributed by atoms with E-state index in [-0.39, 0.29) is 16.5 Å². The third-order valence-electron chi connectivity index (χ3n) is 4.12. The Kier molecular flexibility index (Phi) is 4.25. The second kappa shape index (κ2) is 5.58. The average molecular weight is 328 g/mol. The zero-order chi connectivity index (χ0) is 14.0. The molecule has 0 spiro atoms. The van der Waals surface area contributed by atoms with Crippen molar-refractivity contribution in [3.05, 3.63) is 33.8 Å². The second-order valence-corrected chi connectivity index (χ2v) is 6.43. The SMILES string of the molecule is CC1CCC(C#N)(Cc2c(F)ccc(Br)c2F)CC1. The summed E-state index contributed by atoms with van der Waals surface area (Å²) in [4.78, 5) is 0. The van der Waals surface area contributed by atoms with Crippen LogP contribution in [0.2, 0.25) is 0 Å². The van der Waals surface area contributed by atoms with Gasteiger partial charge in [-0.1, -0.05) is 6.92 Å². The summed E-state index contributed by atoms with van der Waals surface area (Å²) in [5.74, 6) is -0.541. The van der Waals surface area contributed by atoms with Gasteiger partial charge in [0.05, 0.1) is 16.0 Å². The summed E-state index contributed by atoms with van der Waals surface area (Å²) >= 11 is 3.07. The van der Waals surface area contributed by atoms with Gasteiger partial charge >= 0.3 is 0 Å². The molecule has 0 saturated heterocycles. The Morgan fingerprint density at radius 1 is 1.37 bits per heavy atom. The first-order valence-corrected chi connectivity index (χ1v) is 7.30. The van der Waals surface area contributed by atoms with Gasteiger partial charge < -0.3 is 0 Å². The number of nitriles is 1. The van der Waals surface area contributed by atoms with Gasteiger partial charge in [0.25, 0.3) is 0 Å². The molecular formula is C15H16BrF2N. The maximum atomic E-state index is 14.0. The Balaban J connectivity index is 2.29. The molecule has 0 aliphatic heterocycles. The highest BCUT2D eigenvalue weighted by Gasteiger charge is 2.36. The number of halogens is 3. The topological polar surface area (TPSA) is 23.8 Å². The molecule has 1 aromatic rings. The smallest absolute Gasteiger partial charge is 0.143 e. The van der Waals surface area contributed by atoms with Crippen LogP contribution in [0.15, 0.2) is 16.6 Å². The van der Waals surface area contributed by atoms with Gasteiger partial charge in [0.15, 0.2) is 0 Å². The first kappa shape index (κ1) is 14.5. The lowest BCUT2D eigenvalue weighted by Gasteiger charge is -2.34. The highest BCUT2D eigenvalue weighted by molar-refractivity contribution is 9.10. The minimum absolute atomic E-state index is 0.0329. The summed E-state index contributed by atoms with van der Waals surface area (Å²) in [6.45, 7) is 2.15. The molecule has 0 heterocycles. The maximum Gasteiger partial charge on any atom is 0.143 e. The quantitative estimate of drug-likeness (QED) is 0.702. The zero-order valence-electron chi connectivity index (χ0n) is 10.8. The van der Waals surface area contributed by atoms with Gasteiger partial charge in [0.1, 0.15) is 11.6 Å². The van der Waals surface area contributed by atoms with Crippen molar-refractivity contribution < 1.29 is 8.78 Å². The molecule has 0 aromatic heterocycles. The van der Waals surface area contributed by atoms with Crippen LogP contribution in [0, 0.1) is 34.3 Å². The highest BCUT2D eigenvalue weighted by Crippen LogP contribution is 2.42. The predicted octanol–water partition coefficient (Wildman–Crippen LogP) is 4.99. The van der Waals surface area contributed by atoms with E-state index in [2.05, 4.69) is 28.9 Å². The van der Waals surface area contributed by atoms with Crippen LogP contribution < -0.4 is 0 Å². The molecule has 1 aliphatic carbocycles. The van der Waals surface area contributed by atoms with Crippen LogP contribution in [-0.4, -0.2) is 0 Å². The third kappa shape index (κ3) is 2.97. The zero-order valence-corrected chi connectivity index (χ0v) is 12.4. The number of nitrogens with zero attached hydrogens (tertiary/aromatic N) is 1. The summed E-state index contributed by atoms with van der Waals surface area (Å²) < 4.78 is 28.1. The average Bonchev–Trinajstić information content (AvgIpc) is 2.42. The third-order valence-corrected chi connectivity index (χ3v) is 4.74. The molecule has 102 valence electrons. The minimum Gasteiger partial charge on any atom is -0.207 e. The van der Waals surface area contributed by atoms with Gasteiger partial charge in [-0.3, -0.25) is 0 Å². The van der Waals surface area contributed by atoms with E-state index >= 15 is 0 Å². The van der Waals surface area contributed by atoms with E-state index in [1.54, 1.807) is 0 Å². The number of hydrogen-bond donors (Lipinski definition) is 0. The van der Waals surface area contributed by atoms with E-state index in [9.17, 15) is 14.0 Å². The first-order chi connectivity index (χ1) is 8.97. The molecule has 0 N–H and O–H groups in total. The van der Waals surface area contributed by atoms with Gasteiger partial charge in [0, 0.05) is 5.56 Å². The summed E-state index contributed by atoms with van der Waals surface area (Å²) in [7, 11) is 0. The van der Waals surface area contributed by atoms with Crippen molar-refractivity contribution in [3.8, 4) is 6.07 Å². The van der Waals surface area contributed by atoms with Crippen LogP contribution in [-0.2, 0) is 6.42 Å². The summed E-state index contributed by atoms with van der Waals surface area (Å²) in [5, 5.41) is 9.43. The molecule has 1 aliphatic rings. The van der Waals surface area contributed by atoms with Crippen LogP contribution in [0.25, 0.3) is 0 Å². The van der Waals surface area contributed by atoms with E-state index in [4.69, 9.17) is 0 Å². The Hall–Kier alpha value is -0.950. The molecule has 0 radical (unpaired) electrons. The Labute approximate surface area is 120 Å². The fourth-order valence-electron chi connectivity index (χ4n) is 2.71. The van der Waals surface area contributed by atoms with E-state index in [1.807, 2.05) is 0 Å². The largest absolute Gasteiger partial charge is 0.207 e. The Morgan fingerprint density at radius 2 is 2.00 bits per heavy atom. The molecule has 0 amide bonds. The molecule has 19 heavy (non-hydrogen) atoms. The van der Waals surface area contributed by atoms with Crippen molar-refractivity contribution in [1.29, 1.82) is 5.26 Å². The summed E-state index contributed by atoms with van der Waals surface area (Å²) in [5.41, 5.74) is -0.583. The molecule has 4 heteroatoms. The van der Waals surface area contributed by atoms with Crippen molar-refractivity contribution >= 4 is 15.9 Å². The molecular weight excluding hydrogens is 312 g/mol. The first-order valence-electron chi connectivity index (χ1n) is 6.51. The van der Waals surface area contributed by atoms with Gasteiger partial charge in [-0.25, -0.2) is 8.78 Å². The standard InChI is InChI=1S/C15H16BrF2N/c1-10-4-6-15(9-19,7-5-10)8-11-13(17)3-2-12(16)14(11)18/h2-3,10H,4-8H2,1H3. The molecule has 1 aromatic carbocycles. The van der Waals surface area contributed by atoms with Crippen molar-refractivity contribution in [2.45, 2.75) is 39.0 Å². The number of hydrogen-bond acceptors (Lipinski definition) is 1. The van der Waals surface area contributed by atoms with Crippen LogP contribution >= 0.6 is 15.9 Å². The van der Waals surface area contributed by atoms with Crippen LogP contribution in [0.3, 0.4) is 0 Å². The van der Waals surface area contributed by atoms with Crippen LogP contribution in [0.1, 0.15) is 38.2 Å². The van der Waals surface area contributed by atoms with E-state index in [0.29, 0.717) is 5.92 Å². The van der Waals surface area contributed by atoms with E-state index in [1.165, 1.54) is 12.1 Å². The molecule has 1 fully saturated rings. The molecule has 0 unspecified atom stereocenters. The van der Waals surface area contributed by atoms with Crippen molar-refractivity contribution in [2.75, 3.05) is 0 Å². The van der Waals surface area contributed by atoms with Gasteiger partial charge in [-0.15, -0.1) is 0 Å².